The summed E-state index contributed by atoms with van der Waals surface area (Å²) in [6.45, 7) is 18.5. The molecule has 1 fully saturated rings. The van der Waals surface area contributed by atoms with Gasteiger partial charge in [0.1, 0.15) is 5.60 Å². The number of aliphatic hydroxyl groups excluding tert-OH is 1. The van der Waals surface area contributed by atoms with Gasteiger partial charge in [0.25, 0.3) is 0 Å². The SMILES string of the molecule is C[C@@H]1[C@H](O[Si](C)(C)C(C)(C)C)C[C@@H](CO)N1C(=O)OC(C)(C)C. The molecular weight excluding hydrogens is 310 g/mol. The second-order valence-corrected chi connectivity index (χ2v) is 13.9. The number of rotatable bonds is 3. The molecule has 3 atom stereocenters. The fraction of sp³-hybridized carbons (Fsp3) is 0.941. The molecule has 23 heavy (non-hydrogen) atoms. The van der Waals surface area contributed by atoms with Gasteiger partial charge in [-0.2, -0.15) is 0 Å². The summed E-state index contributed by atoms with van der Waals surface area (Å²) >= 11 is 0. The Morgan fingerprint density at radius 2 is 1.74 bits per heavy atom. The molecule has 0 saturated carbocycles. The van der Waals surface area contributed by atoms with Crippen molar-refractivity contribution in [2.75, 3.05) is 6.61 Å². The van der Waals surface area contributed by atoms with E-state index < -0.39 is 13.9 Å². The van der Waals surface area contributed by atoms with E-state index in [1.54, 1.807) is 4.90 Å². The summed E-state index contributed by atoms with van der Waals surface area (Å²) in [6.07, 6.45) is 0.231. The van der Waals surface area contributed by atoms with Crippen LogP contribution < -0.4 is 0 Å². The number of amides is 1. The lowest BCUT2D eigenvalue weighted by molar-refractivity contribution is 0.00681. The lowest BCUT2D eigenvalue weighted by Gasteiger charge is -2.39. The molecule has 0 radical (unpaired) electrons. The molecule has 1 aliphatic rings. The van der Waals surface area contributed by atoms with Gasteiger partial charge in [0.15, 0.2) is 8.32 Å². The Labute approximate surface area is 142 Å². The van der Waals surface area contributed by atoms with E-state index in [4.69, 9.17) is 9.16 Å². The van der Waals surface area contributed by atoms with Gasteiger partial charge in [0, 0.05) is 0 Å². The molecule has 0 aromatic rings. The van der Waals surface area contributed by atoms with Crippen molar-refractivity contribution in [3.8, 4) is 0 Å². The fourth-order valence-corrected chi connectivity index (χ4v) is 3.99. The molecule has 0 aliphatic carbocycles. The van der Waals surface area contributed by atoms with E-state index in [1.807, 2.05) is 27.7 Å². The van der Waals surface area contributed by atoms with Gasteiger partial charge < -0.3 is 14.3 Å². The van der Waals surface area contributed by atoms with Crippen LogP contribution in [-0.4, -0.2) is 54.8 Å². The van der Waals surface area contributed by atoms with Gasteiger partial charge in [0.2, 0.25) is 0 Å². The topological polar surface area (TPSA) is 59.0 Å². The zero-order valence-corrected chi connectivity index (χ0v) is 17.3. The number of likely N-dealkylation sites (tertiary alicyclic amines) is 1. The van der Waals surface area contributed by atoms with Crippen LogP contribution in [0.15, 0.2) is 0 Å². The summed E-state index contributed by atoms with van der Waals surface area (Å²) in [6, 6.07) is -0.342. The molecule has 1 saturated heterocycles. The summed E-state index contributed by atoms with van der Waals surface area (Å²) in [5, 5.41) is 9.80. The molecular formula is C17H35NO4Si. The number of aliphatic hydroxyl groups is 1. The smallest absolute Gasteiger partial charge is 0.410 e. The van der Waals surface area contributed by atoms with E-state index in [-0.39, 0.29) is 35.9 Å². The third-order valence-corrected chi connectivity index (χ3v) is 9.45. The Morgan fingerprint density at radius 1 is 1.22 bits per heavy atom. The van der Waals surface area contributed by atoms with E-state index >= 15 is 0 Å². The fourth-order valence-electron chi connectivity index (χ4n) is 2.58. The van der Waals surface area contributed by atoms with E-state index in [9.17, 15) is 9.90 Å². The molecule has 0 aromatic carbocycles. The second-order valence-electron chi connectivity index (χ2n) is 9.12. The van der Waals surface area contributed by atoms with Gasteiger partial charge >= 0.3 is 6.09 Å². The average molecular weight is 346 g/mol. The van der Waals surface area contributed by atoms with Crippen LogP contribution in [0, 0.1) is 0 Å². The minimum Gasteiger partial charge on any atom is -0.444 e. The highest BCUT2D eigenvalue weighted by Gasteiger charge is 2.47. The average Bonchev–Trinajstić information content (AvgIpc) is 2.62. The standard InChI is InChI=1S/C17H35NO4Si/c1-12-14(22-23(8,9)17(5,6)7)10-13(11-19)18(12)15(20)21-16(2,3)4/h12-14,19H,10-11H2,1-9H3/t12-,13+,14-/m1/s1. The maximum atomic E-state index is 12.5. The first-order valence-corrected chi connectivity index (χ1v) is 11.4. The quantitative estimate of drug-likeness (QED) is 0.791. The minimum absolute atomic E-state index is 0.0550. The minimum atomic E-state index is -1.93. The number of nitrogens with zero attached hydrogens (tertiary/aromatic N) is 1. The molecule has 1 amide bonds. The summed E-state index contributed by atoms with van der Waals surface area (Å²) in [5.74, 6) is 0. The molecule has 1 rings (SSSR count). The van der Waals surface area contributed by atoms with E-state index in [2.05, 4.69) is 33.9 Å². The summed E-state index contributed by atoms with van der Waals surface area (Å²) in [5.41, 5.74) is -0.546. The van der Waals surface area contributed by atoms with Gasteiger partial charge in [-0.15, -0.1) is 0 Å². The van der Waals surface area contributed by atoms with Crippen molar-refractivity contribution >= 4 is 14.4 Å². The van der Waals surface area contributed by atoms with Crippen molar-refractivity contribution < 1.29 is 19.1 Å². The van der Waals surface area contributed by atoms with Gasteiger partial charge in [-0.25, -0.2) is 4.79 Å². The van der Waals surface area contributed by atoms with Crippen LogP contribution in [-0.2, 0) is 9.16 Å². The van der Waals surface area contributed by atoms with Crippen molar-refractivity contribution in [2.24, 2.45) is 0 Å². The zero-order chi connectivity index (χ0) is 18.2. The predicted molar refractivity (Wildman–Crippen MR) is 95.1 cm³/mol. The normalized spacial score (nSPS) is 26.5. The van der Waals surface area contributed by atoms with Gasteiger partial charge in [0.05, 0.1) is 24.8 Å². The Hall–Kier alpha value is -0.593. The molecule has 6 heteroatoms. The van der Waals surface area contributed by atoms with Crippen molar-refractivity contribution in [1.82, 2.24) is 4.90 Å². The summed E-state index contributed by atoms with van der Waals surface area (Å²) in [7, 11) is -1.93. The maximum Gasteiger partial charge on any atom is 0.410 e. The number of hydrogen-bond acceptors (Lipinski definition) is 4. The number of ether oxygens (including phenoxy) is 1. The largest absolute Gasteiger partial charge is 0.444 e. The first-order chi connectivity index (χ1) is 10.2. The third-order valence-electron chi connectivity index (χ3n) is 4.94. The Bertz CT molecular complexity index is 425. The highest BCUT2D eigenvalue weighted by atomic mass is 28.4. The number of hydrogen-bond donors (Lipinski definition) is 1. The van der Waals surface area contributed by atoms with Crippen molar-refractivity contribution in [3.63, 3.8) is 0 Å². The van der Waals surface area contributed by atoms with Crippen molar-refractivity contribution in [1.29, 1.82) is 0 Å². The van der Waals surface area contributed by atoms with Gasteiger partial charge in [-0.1, -0.05) is 20.8 Å². The lowest BCUT2D eigenvalue weighted by atomic mass is 10.2. The number of carbonyl (C=O) groups excluding carboxylic acids is 1. The van der Waals surface area contributed by atoms with Crippen LogP contribution in [0.5, 0.6) is 0 Å². The van der Waals surface area contributed by atoms with Crippen LogP contribution >= 0.6 is 0 Å². The molecule has 1 aliphatic heterocycles. The molecule has 136 valence electrons. The lowest BCUT2D eigenvalue weighted by Crippen LogP contribution is -2.49. The Balaban J connectivity index is 2.91. The van der Waals surface area contributed by atoms with Gasteiger partial charge in [-0.3, -0.25) is 4.90 Å². The Morgan fingerprint density at radius 3 is 2.13 bits per heavy atom. The molecule has 0 aromatic heterocycles. The summed E-state index contributed by atoms with van der Waals surface area (Å²) < 4.78 is 12.0. The second kappa shape index (κ2) is 6.73. The molecule has 5 nitrogen and oxygen atoms in total. The van der Waals surface area contributed by atoms with Crippen LogP contribution in [0.4, 0.5) is 4.79 Å². The van der Waals surface area contributed by atoms with Gasteiger partial charge in [-0.05, 0) is 52.2 Å². The zero-order valence-electron chi connectivity index (χ0n) is 16.3. The Kier molecular flexibility index (Phi) is 5.98. The highest BCUT2D eigenvalue weighted by molar-refractivity contribution is 6.74. The molecule has 0 unspecified atom stereocenters. The van der Waals surface area contributed by atoms with Crippen LogP contribution in [0.25, 0.3) is 0 Å². The molecule has 0 bridgehead atoms. The van der Waals surface area contributed by atoms with E-state index in [0.29, 0.717) is 6.42 Å². The van der Waals surface area contributed by atoms with Crippen molar-refractivity contribution in [3.05, 3.63) is 0 Å². The third kappa shape index (κ3) is 4.94. The van der Waals surface area contributed by atoms with Crippen LogP contribution in [0.2, 0.25) is 18.1 Å². The molecule has 0 spiro atoms. The van der Waals surface area contributed by atoms with Crippen molar-refractivity contribution in [2.45, 2.75) is 96.8 Å². The molecule has 1 heterocycles. The first kappa shape index (κ1) is 20.5. The van der Waals surface area contributed by atoms with E-state index in [0.717, 1.165) is 0 Å². The predicted octanol–water partition coefficient (Wildman–Crippen LogP) is 3.77. The number of carbonyl (C=O) groups is 1. The maximum absolute atomic E-state index is 12.5. The monoisotopic (exact) mass is 345 g/mol. The van der Waals surface area contributed by atoms with Crippen LogP contribution in [0.1, 0.15) is 54.9 Å². The van der Waals surface area contributed by atoms with Crippen LogP contribution in [0.3, 0.4) is 0 Å². The molecule has 1 N–H and O–H groups in total. The van der Waals surface area contributed by atoms with E-state index in [1.165, 1.54) is 0 Å². The highest BCUT2D eigenvalue weighted by Crippen LogP contribution is 2.40. The first-order valence-electron chi connectivity index (χ1n) is 8.49. The summed E-state index contributed by atoms with van der Waals surface area (Å²) in [4.78, 5) is 14.2.